The molecule has 0 saturated heterocycles. The third-order valence-electron chi connectivity index (χ3n) is 5.55. The molecular formula is C26H26O4Se2. The molecule has 4 nitrogen and oxygen atoms in total. The molecule has 0 fully saturated rings. The molecule has 1 N–H and O–H groups in total. The molecule has 0 amide bonds. The molecule has 2 aromatic carbocycles. The van der Waals surface area contributed by atoms with Crippen molar-refractivity contribution >= 4 is 60.2 Å². The van der Waals surface area contributed by atoms with E-state index in [-0.39, 0.29) is 35.0 Å². The summed E-state index contributed by atoms with van der Waals surface area (Å²) in [6, 6.07) is 15.8. The van der Waals surface area contributed by atoms with Gasteiger partial charge in [-0.25, -0.2) is 0 Å². The fraction of sp³-hybridized carbons (Fsp3) is 0.308. The van der Waals surface area contributed by atoms with Crippen LogP contribution in [0.5, 0.6) is 0 Å². The summed E-state index contributed by atoms with van der Waals surface area (Å²) in [6.45, 7) is 2.61. The van der Waals surface area contributed by atoms with Gasteiger partial charge in [0.15, 0.2) is 0 Å². The summed E-state index contributed by atoms with van der Waals surface area (Å²) in [5.41, 5.74) is 1.49. The fourth-order valence-electron chi connectivity index (χ4n) is 3.99. The first-order chi connectivity index (χ1) is 15.6. The van der Waals surface area contributed by atoms with Crippen LogP contribution in [-0.2, 0) is 4.74 Å². The topological polar surface area (TPSA) is 63.6 Å². The molecule has 2 heterocycles. The number of hydrogen-bond donors (Lipinski definition) is 1. The first-order valence-electron chi connectivity index (χ1n) is 11.1. The van der Waals surface area contributed by atoms with E-state index in [2.05, 4.69) is 6.92 Å². The number of carboxylic acids is 1. The van der Waals surface area contributed by atoms with Crippen LogP contribution in [-0.4, -0.2) is 52.7 Å². The van der Waals surface area contributed by atoms with Crippen molar-refractivity contribution in [2.45, 2.75) is 45.4 Å². The minimum atomic E-state index is -0.902. The van der Waals surface area contributed by atoms with Crippen LogP contribution in [0.4, 0.5) is 0 Å². The number of unbranched alkanes of at least 4 members (excludes halogenated alkanes) is 5. The Labute approximate surface area is 199 Å². The molecule has 32 heavy (non-hydrogen) atoms. The standard InChI is InChI=1S/C26H26O4Se2/c1-2-3-4-5-6-11-16-30-26(29)24-22(18-13-8-10-15-20(18)32-24)21-17-12-7-9-14-19(17)31-23(21)25(27)28/h7-10,12-15H,2-6,11,16H2,1H3,(H,27,28). The first kappa shape index (κ1) is 23.1. The molecule has 0 saturated carbocycles. The van der Waals surface area contributed by atoms with E-state index in [1.807, 2.05) is 48.5 Å². The molecule has 2 aromatic heterocycles. The summed E-state index contributed by atoms with van der Waals surface area (Å²) in [4.78, 5) is 25.3. The SMILES string of the molecule is CCCCCCCCOC(=O)c1[se]c2ccccc2c1-c1c(C(=O)O)[se]c2ccccc12. The summed E-state index contributed by atoms with van der Waals surface area (Å²) in [7, 11) is 0. The Bertz CT molecular complexity index is 1250. The predicted molar refractivity (Wildman–Crippen MR) is 131 cm³/mol. The Kier molecular flexibility index (Phi) is 7.70. The zero-order chi connectivity index (χ0) is 22.5. The molecule has 0 spiro atoms. The molecule has 0 aliphatic rings. The molecule has 4 rings (SSSR count). The van der Waals surface area contributed by atoms with E-state index in [1.165, 1.54) is 25.7 Å². The van der Waals surface area contributed by atoms with Crippen molar-refractivity contribution in [1.82, 2.24) is 0 Å². The van der Waals surface area contributed by atoms with E-state index in [1.54, 1.807) is 0 Å². The molecule has 166 valence electrons. The molecule has 0 aliphatic heterocycles. The van der Waals surface area contributed by atoms with Crippen LogP contribution in [0.2, 0.25) is 0 Å². The van der Waals surface area contributed by atoms with Crippen molar-refractivity contribution in [2.24, 2.45) is 0 Å². The quantitative estimate of drug-likeness (QED) is 0.147. The van der Waals surface area contributed by atoms with Gasteiger partial charge in [0.05, 0.1) is 0 Å². The number of carbonyl (C=O) groups excluding carboxylic acids is 1. The molecule has 4 aromatic rings. The summed E-state index contributed by atoms with van der Waals surface area (Å²) >= 11 is -0.492. The van der Waals surface area contributed by atoms with Crippen LogP contribution < -0.4 is 0 Å². The Hall–Kier alpha value is -2.10. The normalized spacial score (nSPS) is 11.3. The van der Waals surface area contributed by atoms with Crippen molar-refractivity contribution < 1.29 is 19.4 Å². The van der Waals surface area contributed by atoms with Gasteiger partial charge in [-0.3, -0.25) is 0 Å². The first-order valence-corrected chi connectivity index (χ1v) is 14.5. The van der Waals surface area contributed by atoms with Crippen molar-refractivity contribution in [3.63, 3.8) is 0 Å². The Morgan fingerprint density at radius 2 is 1.31 bits per heavy atom. The molecule has 6 heteroatoms. The zero-order valence-corrected chi connectivity index (χ0v) is 21.5. The van der Waals surface area contributed by atoms with Gasteiger partial charge in [-0.05, 0) is 0 Å². The van der Waals surface area contributed by atoms with Gasteiger partial charge >= 0.3 is 200 Å². The van der Waals surface area contributed by atoms with Crippen LogP contribution in [0.3, 0.4) is 0 Å². The van der Waals surface area contributed by atoms with Crippen LogP contribution in [0.25, 0.3) is 30.4 Å². The number of esters is 1. The Morgan fingerprint density at radius 3 is 1.94 bits per heavy atom. The van der Waals surface area contributed by atoms with Gasteiger partial charge in [0.1, 0.15) is 0 Å². The number of ether oxygens (including phenoxy) is 1. The fourth-order valence-corrected chi connectivity index (χ4v) is 8.51. The second kappa shape index (κ2) is 10.7. The van der Waals surface area contributed by atoms with E-state index in [4.69, 9.17) is 4.74 Å². The number of fused-ring (bicyclic) bond motifs is 2. The molecule has 0 atom stereocenters. The van der Waals surface area contributed by atoms with Crippen LogP contribution >= 0.6 is 0 Å². The van der Waals surface area contributed by atoms with Gasteiger partial charge in [-0.2, -0.15) is 0 Å². The summed E-state index contributed by atoms with van der Waals surface area (Å²) < 4.78 is 8.91. The number of carboxylic acid groups (broad SMARTS) is 1. The summed E-state index contributed by atoms with van der Waals surface area (Å²) in [6.07, 6.45) is 6.80. The van der Waals surface area contributed by atoms with Gasteiger partial charge in [0.25, 0.3) is 0 Å². The average Bonchev–Trinajstić information content (AvgIpc) is 3.36. The van der Waals surface area contributed by atoms with Crippen LogP contribution in [0.1, 0.15) is 63.9 Å². The van der Waals surface area contributed by atoms with Gasteiger partial charge in [-0.1, -0.05) is 0 Å². The number of rotatable bonds is 10. The molecule has 0 radical (unpaired) electrons. The Morgan fingerprint density at radius 1 is 0.781 bits per heavy atom. The predicted octanol–water partition coefficient (Wildman–Crippen LogP) is 5.99. The van der Waals surface area contributed by atoms with Crippen LogP contribution in [0.15, 0.2) is 48.5 Å². The van der Waals surface area contributed by atoms with Gasteiger partial charge < -0.3 is 0 Å². The maximum absolute atomic E-state index is 13.2. The van der Waals surface area contributed by atoms with Gasteiger partial charge in [0, 0.05) is 0 Å². The second-order valence-corrected chi connectivity index (χ2v) is 12.2. The average molecular weight is 560 g/mol. The van der Waals surface area contributed by atoms with E-state index < -0.39 is 5.97 Å². The van der Waals surface area contributed by atoms with Crippen molar-refractivity contribution in [3.05, 3.63) is 57.4 Å². The summed E-state index contributed by atoms with van der Waals surface area (Å²) in [5, 5.41) is 11.9. The molecule has 0 unspecified atom stereocenters. The van der Waals surface area contributed by atoms with Crippen molar-refractivity contribution in [3.8, 4) is 11.1 Å². The van der Waals surface area contributed by atoms with E-state index in [9.17, 15) is 14.7 Å². The second-order valence-electron chi connectivity index (χ2n) is 7.81. The third-order valence-corrected chi connectivity index (χ3v) is 10.4. The van der Waals surface area contributed by atoms with E-state index in [0.29, 0.717) is 21.0 Å². The van der Waals surface area contributed by atoms with Crippen molar-refractivity contribution in [2.75, 3.05) is 6.61 Å². The maximum atomic E-state index is 13.2. The number of carbonyl (C=O) groups is 2. The molecular weight excluding hydrogens is 534 g/mol. The third kappa shape index (κ3) is 4.79. The van der Waals surface area contributed by atoms with E-state index >= 15 is 0 Å². The van der Waals surface area contributed by atoms with Crippen molar-refractivity contribution in [1.29, 1.82) is 0 Å². The molecule has 0 bridgehead atoms. The zero-order valence-electron chi connectivity index (χ0n) is 18.1. The molecule has 0 aliphatic carbocycles. The Balaban J connectivity index is 1.70. The van der Waals surface area contributed by atoms with Gasteiger partial charge in [0.2, 0.25) is 0 Å². The number of aromatic carboxylic acids is 1. The number of benzene rings is 2. The minimum absolute atomic E-state index is 0.203. The van der Waals surface area contributed by atoms with E-state index in [0.717, 1.165) is 37.7 Å². The van der Waals surface area contributed by atoms with Crippen LogP contribution in [0, 0.1) is 0 Å². The van der Waals surface area contributed by atoms with Gasteiger partial charge in [-0.15, -0.1) is 0 Å². The monoisotopic (exact) mass is 562 g/mol. The number of hydrogen-bond acceptors (Lipinski definition) is 3. The summed E-state index contributed by atoms with van der Waals surface area (Å²) in [5.74, 6) is -1.20.